The van der Waals surface area contributed by atoms with Gasteiger partial charge in [0, 0.05) is 13.1 Å². The molecule has 174 valence electrons. The summed E-state index contributed by atoms with van der Waals surface area (Å²) in [6, 6.07) is 10.8. The molecule has 5 nitrogen and oxygen atoms in total. The number of amides is 1. The number of amidine groups is 1. The molecule has 33 heavy (non-hydrogen) atoms. The number of carbonyl (C=O) groups is 1. The van der Waals surface area contributed by atoms with E-state index in [0.29, 0.717) is 16.7 Å². The van der Waals surface area contributed by atoms with Crippen molar-refractivity contribution in [1.82, 2.24) is 10.0 Å². The maximum absolute atomic E-state index is 14.2. The number of alkyl halides is 3. The zero-order valence-electron chi connectivity index (χ0n) is 18.2. The lowest BCUT2D eigenvalue weighted by Gasteiger charge is -2.36. The highest BCUT2D eigenvalue weighted by molar-refractivity contribution is 6.05. The maximum atomic E-state index is 14.2. The van der Waals surface area contributed by atoms with Crippen LogP contribution in [-0.2, 0) is 17.8 Å². The molecule has 2 atom stereocenters. The molecule has 2 unspecified atom stereocenters. The van der Waals surface area contributed by atoms with Crippen molar-refractivity contribution in [3.8, 4) is 0 Å². The lowest BCUT2D eigenvalue weighted by atomic mass is 10.0. The molecule has 0 aliphatic carbocycles. The third-order valence-corrected chi connectivity index (χ3v) is 5.98. The monoisotopic (exact) mass is 460 g/mol. The molecule has 1 fully saturated rings. The van der Waals surface area contributed by atoms with Crippen molar-refractivity contribution in [3.05, 3.63) is 82.3 Å². The fourth-order valence-corrected chi connectivity index (χ4v) is 4.12. The lowest BCUT2D eigenvalue weighted by molar-refractivity contribution is -0.124. The molecule has 0 bridgehead atoms. The molecular formula is C24H24F4N4O. The molecule has 2 aliphatic rings. The smallest absolute Gasteiger partial charge is 0.369 e. The molecule has 2 N–H and O–H groups in total. The van der Waals surface area contributed by atoms with Crippen molar-refractivity contribution < 1.29 is 22.4 Å². The number of rotatable bonds is 5. The van der Waals surface area contributed by atoms with Crippen LogP contribution in [0.5, 0.6) is 0 Å². The highest BCUT2D eigenvalue weighted by Crippen LogP contribution is 2.41. The van der Waals surface area contributed by atoms with Crippen LogP contribution in [0.2, 0.25) is 0 Å². The number of hydrogen-bond donors (Lipinski definition) is 1. The fraction of sp³-hybridized carbons (Fsp3) is 0.333. The summed E-state index contributed by atoms with van der Waals surface area (Å²) >= 11 is 0. The van der Waals surface area contributed by atoms with E-state index in [1.807, 2.05) is 19.1 Å². The van der Waals surface area contributed by atoms with E-state index in [1.54, 1.807) is 31.2 Å². The minimum atomic E-state index is -4.70. The topological polar surface area (TPSA) is 61.9 Å². The van der Waals surface area contributed by atoms with E-state index in [1.165, 1.54) is 11.1 Å². The Balaban J connectivity index is 1.75. The van der Waals surface area contributed by atoms with Gasteiger partial charge >= 0.3 is 6.18 Å². The average Bonchev–Trinajstić information content (AvgIpc) is 3.13. The highest BCUT2D eigenvalue weighted by Gasteiger charge is 2.50. The summed E-state index contributed by atoms with van der Waals surface area (Å²) in [5.74, 6) is -2.29. The number of aryl methyl sites for hydroxylation is 2. The number of carbonyl (C=O) groups excluding carboxylic acids is 1. The molecule has 1 saturated heterocycles. The third kappa shape index (κ3) is 4.50. The summed E-state index contributed by atoms with van der Waals surface area (Å²) in [5, 5.41) is 2.26. The first kappa shape index (κ1) is 23.0. The van der Waals surface area contributed by atoms with Crippen LogP contribution in [0.25, 0.3) is 0 Å². The van der Waals surface area contributed by atoms with Gasteiger partial charge in [0.1, 0.15) is 23.3 Å². The zero-order valence-corrected chi connectivity index (χ0v) is 18.2. The third-order valence-electron chi connectivity index (χ3n) is 5.98. The summed E-state index contributed by atoms with van der Waals surface area (Å²) in [7, 11) is 0. The van der Waals surface area contributed by atoms with Crippen molar-refractivity contribution in [1.29, 1.82) is 0 Å². The standard InChI is InChI=1S/C24H24F4N4O/c1-3-15-6-8-17(9-7-15)20-11-21(24(26,27)28)32-23(30-20)18(22(29)33)13-31(32)12-16-5-4-14(2)19(25)10-16/h4-11,18,20H,3,12-13H2,1-2H3,(H2,29,33). The van der Waals surface area contributed by atoms with Gasteiger partial charge in [-0.3, -0.25) is 14.8 Å². The second-order valence-corrected chi connectivity index (χ2v) is 8.27. The number of benzene rings is 2. The first-order valence-electron chi connectivity index (χ1n) is 10.6. The maximum Gasteiger partial charge on any atom is 0.432 e. The Morgan fingerprint density at radius 2 is 1.82 bits per heavy atom. The van der Waals surface area contributed by atoms with Crippen molar-refractivity contribution in [2.24, 2.45) is 16.6 Å². The van der Waals surface area contributed by atoms with Crippen LogP contribution >= 0.6 is 0 Å². The summed E-state index contributed by atoms with van der Waals surface area (Å²) in [6.07, 6.45) is -2.85. The van der Waals surface area contributed by atoms with E-state index in [2.05, 4.69) is 4.99 Å². The van der Waals surface area contributed by atoms with Gasteiger partial charge in [-0.25, -0.2) is 9.40 Å². The van der Waals surface area contributed by atoms with Crippen molar-refractivity contribution in [2.75, 3.05) is 6.54 Å². The predicted octanol–water partition coefficient (Wildman–Crippen LogP) is 4.43. The van der Waals surface area contributed by atoms with E-state index in [0.717, 1.165) is 23.1 Å². The number of allylic oxidation sites excluding steroid dienone is 1. The summed E-state index contributed by atoms with van der Waals surface area (Å²) in [6.45, 7) is 3.47. The molecule has 2 heterocycles. The highest BCUT2D eigenvalue weighted by atomic mass is 19.4. The minimum Gasteiger partial charge on any atom is -0.369 e. The Labute approximate surface area is 189 Å². The van der Waals surface area contributed by atoms with Crippen LogP contribution in [0, 0.1) is 18.7 Å². The number of hydrazine groups is 1. The summed E-state index contributed by atoms with van der Waals surface area (Å²) in [4.78, 5) is 16.7. The molecule has 9 heteroatoms. The first-order chi connectivity index (χ1) is 15.6. The van der Waals surface area contributed by atoms with Gasteiger partial charge in [0.05, 0.1) is 6.04 Å². The average molecular weight is 460 g/mol. The Morgan fingerprint density at radius 3 is 2.39 bits per heavy atom. The number of primary amides is 1. The van der Waals surface area contributed by atoms with Crippen LogP contribution in [-0.4, -0.2) is 34.5 Å². The minimum absolute atomic E-state index is 0.0384. The molecule has 4 rings (SSSR count). The van der Waals surface area contributed by atoms with Crippen molar-refractivity contribution in [3.63, 3.8) is 0 Å². The van der Waals surface area contributed by atoms with Gasteiger partial charge in [0.25, 0.3) is 0 Å². The van der Waals surface area contributed by atoms with E-state index in [4.69, 9.17) is 5.73 Å². The Bertz CT molecular complexity index is 1120. The van der Waals surface area contributed by atoms with E-state index >= 15 is 0 Å². The molecule has 0 aromatic heterocycles. The summed E-state index contributed by atoms with van der Waals surface area (Å²) in [5.41, 5.74) is 7.16. The van der Waals surface area contributed by atoms with E-state index in [-0.39, 0.29) is 18.9 Å². The van der Waals surface area contributed by atoms with E-state index < -0.39 is 35.6 Å². The second-order valence-electron chi connectivity index (χ2n) is 8.27. The van der Waals surface area contributed by atoms with Gasteiger partial charge in [-0.15, -0.1) is 0 Å². The number of fused-ring (bicyclic) bond motifs is 1. The number of nitrogens with two attached hydrogens (primary N) is 1. The SMILES string of the molecule is CCc1ccc(C2C=C(C(F)(F)F)N3C(=N2)C(C(N)=O)CN3Cc2ccc(C)c(F)c2)cc1. The number of nitrogens with zero attached hydrogens (tertiary/aromatic N) is 3. The zero-order chi connectivity index (χ0) is 23.9. The molecule has 0 spiro atoms. The van der Waals surface area contributed by atoms with Crippen LogP contribution < -0.4 is 5.73 Å². The predicted molar refractivity (Wildman–Crippen MR) is 116 cm³/mol. The number of hydrogen-bond acceptors (Lipinski definition) is 4. The molecule has 2 aliphatic heterocycles. The Hall–Kier alpha value is -3.20. The number of halogens is 4. The van der Waals surface area contributed by atoms with Crippen LogP contribution in [0.15, 0.2) is 59.2 Å². The molecular weight excluding hydrogens is 436 g/mol. The Kier molecular flexibility index (Phi) is 6.00. The van der Waals surface area contributed by atoms with Crippen LogP contribution in [0.1, 0.15) is 35.2 Å². The molecule has 1 amide bonds. The lowest BCUT2D eigenvalue weighted by Crippen LogP contribution is -2.45. The van der Waals surface area contributed by atoms with Crippen LogP contribution in [0.3, 0.4) is 0 Å². The quantitative estimate of drug-likeness (QED) is 0.672. The largest absolute Gasteiger partial charge is 0.432 e. The van der Waals surface area contributed by atoms with Crippen molar-refractivity contribution in [2.45, 2.75) is 39.0 Å². The molecule has 2 aromatic carbocycles. The molecule has 0 radical (unpaired) electrons. The molecule has 0 saturated carbocycles. The fourth-order valence-electron chi connectivity index (χ4n) is 4.12. The Morgan fingerprint density at radius 1 is 1.15 bits per heavy atom. The van der Waals surface area contributed by atoms with Gasteiger partial charge in [-0.2, -0.15) is 13.2 Å². The second kappa shape index (κ2) is 8.62. The van der Waals surface area contributed by atoms with E-state index in [9.17, 15) is 22.4 Å². The van der Waals surface area contributed by atoms with Crippen LogP contribution in [0.4, 0.5) is 17.6 Å². The molecule has 2 aromatic rings. The number of aliphatic imine (C=N–C) groups is 1. The van der Waals surface area contributed by atoms with Gasteiger partial charge in [-0.05, 0) is 47.7 Å². The van der Waals surface area contributed by atoms with Gasteiger partial charge < -0.3 is 5.73 Å². The first-order valence-corrected chi connectivity index (χ1v) is 10.6. The van der Waals surface area contributed by atoms with Gasteiger partial charge in [0.15, 0.2) is 0 Å². The normalized spacial score (nSPS) is 21.0. The summed E-state index contributed by atoms with van der Waals surface area (Å²) < 4.78 is 56.6. The van der Waals surface area contributed by atoms with Gasteiger partial charge in [-0.1, -0.05) is 43.3 Å². The van der Waals surface area contributed by atoms with Gasteiger partial charge in [0.2, 0.25) is 5.91 Å². The van der Waals surface area contributed by atoms with Crippen molar-refractivity contribution >= 4 is 11.7 Å².